The van der Waals surface area contributed by atoms with E-state index in [-0.39, 0.29) is 11.2 Å². The van der Waals surface area contributed by atoms with Crippen LogP contribution in [0.25, 0.3) is 0 Å². The summed E-state index contributed by atoms with van der Waals surface area (Å²) in [5.74, 6) is 0.514. The highest BCUT2D eigenvalue weighted by Gasteiger charge is 2.49. The van der Waals surface area contributed by atoms with E-state index in [9.17, 15) is 0 Å². The first-order valence-corrected chi connectivity index (χ1v) is 8.12. The van der Waals surface area contributed by atoms with Crippen molar-refractivity contribution in [3.05, 3.63) is 21.9 Å². The smallest absolute Gasteiger partial charge is 0.0681 e. The number of thiophene rings is 1. The number of hydrogen-bond donors (Lipinski definition) is 1. The number of aryl methyl sites for hydroxylation is 1. The molecule has 0 amide bonds. The third-order valence-electron chi connectivity index (χ3n) is 4.15. The van der Waals surface area contributed by atoms with Crippen LogP contribution in [0.1, 0.15) is 57.5 Å². The SMILES string of the molecule is CCNC(c1sccc1C)C1CC(C)(C)OC1(C)C. The molecule has 19 heavy (non-hydrogen) atoms. The van der Waals surface area contributed by atoms with Crippen LogP contribution >= 0.6 is 11.3 Å². The van der Waals surface area contributed by atoms with Gasteiger partial charge in [0.05, 0.1) is 11.2 Å². The highest BCUT2D eigenvalue weighted by molar-refractivity contribution is 7.10. The average molecular weight is 281 g/mol. The highest BCUT2D eigenvalue weighted by Crippen LogP contribution is 2.48. The number of nitrogens with one attached hydrogen (secondary N) is 1. The Hall–Kier alpha value is -0.380. The molecule has 1 aliphatic heterocycles. The lowest BCUT2D eigenvalue weighted by Gasteiger charge is -2.33. The molecule has 0 aromatic carbocycles. The molecule has 2 rings (SSSR count). The first-order valence-electron chi connectivity index (χ1n) is 7.24. The van der Waals surface area contributed by atoms with Crippen LogP contribution in [0.4, 0.5) is 0 Å². The van der Waals surface area contributed by atoms with Gasteiger partial charge in [0.2, 0.25) is 0 Å². The zero-order valence-corrected chi connectivity index (χ0v) is 13.9. The molecule has 2 unspecified atom stereocenters. The molecular weight excluding hydrogens is 254 g/mol. The van der Waals surface area contributed by atoms with Crippen molar-refractivity contribution in [2.24, 2.45) is 5.92 Å². The van der Waals surface area contributed by atoms with Gasteiger partial charge in [-0.2, -0.15) is 0 Å². The third-order valence-corrected chi connectivity index (χ3v) is 5.26. The Morgan fingerprint density at radius 1 is 1.42 bits per heavy atom. The molecule has 1 N–H and O–H groups in total. The van der Waals surface area contributed by atoms with Crippen LogP contribution in [0.2, 0.25) is 0 Å². The molecule has 1 fully saturated rings. The molecule has 0 spiro atoms. The van der Waals surface area contributed by atoms with Gasteiger partial charge >= 0.3 is 0 Å². The maximum Gasteiger partial charge on any atom is 0.0681 e. The number of rotatable bonds is 4. The zero-order valence-electron chi connectivity index (χ0n) is 13.0. The fourth-order valence-corrected chi connectivity index (χ4v) is 4.53. The van der Waals surface area contributed by atoms with Crippen molar-refractivity contribution < 1.29 is 4.74 Å². The molecule has 3 heteroatoms. The summed E-state index contributed by atoms with van der Waals surface area (Å²) in [6.45, 7) is 14.3. The van der Waals surface area contributed by atoms with Gasteiger partial charge in [-0.25, -0.2) is 0 Å². The Morgan fingerprint density at radius 2 is 2.11 bits per heavy atom. The molecule has 108 valence electrons. The summed E-state index contributed by atoms with van der Waals surface area (Å²) < 4.78 is 6.28. The average Bonchev–Trinajstić information content (AvgIpc) is 2.76. The third kappa shape index (κ3) is 3.04. The molecule has 0 radical (unpaired) electrons. The summed E-state index contributed by atoms with van der Waals surface area (Å²) in [5, 5.41) is 5.89. The van der Waals surface area contributed by atoms with Gasteiger partial charge in [-0.1, -0.05) is 6.92 Å². The first-order chi connectivity index (χ1) is 8.77. The van der Waals surface area contributed by atoms with E-state index in [4.69, 9.17) is 4.74 Å². The Kier molecular flexibility index (Phi) is 4.10. The van der Waals surface area contributed by atoms with E-state index in [1.165, 1.54) is 10.4 Å². The molecule has 0 saturated carbocycles. The molecule has 2 nitrogen and oxygen atoms in total. The highest BCUT2D eigenvalue weighted by atomic mass is 32.1. The normalized spacial score (nSPS) is 26.5. The largest absolute Gasteiger partial charge is 0.369 e. The summed E-state index contributed by atoms with van der Waals surface area (Å²) in [6.07, 6.45) is 1.11. The maximum absolute atomic E-state index is 6.28. The van der Waals surface area contributed by atoms with Gasteiger partial charge in [-0.3, -0.25) is 0 Å². The summed E-state index contributed by atoms with van der Waals surface area (Å²) in [5.41, 5.74) is 1.30. The quantitative estimate of drug-likeness (QED) is 0.888. The predicted molar refractivity (Wildman–Crippen MR) is 82.8 cm³/mol. The second-order valence-electron chi connectivity index (χ2n) is 6.78. The van der Waals surface area contributed by atoms with Crippen molar-refractivity contribution in [3.8, 4) is 0 Å². The van der Waals surface area contributed by atoms with Crippen molar-refractivity contribution in [1.29, 1.82) is 0 Å². The summed E-state index contributed by atoms with van der Waals surface area (Å²) >= 11 is 1.87. The van der Waals surface area contributed by atoms with Gasteiger partial charge in [0.25, 0.3) is 0 Å². The lowest BCUT2D eigenvalue weighted by molar-refractivity contribution is -0.0777. The minimum absolute atomic E-state index is 0.0208. The van der Waals surface area contributed by atoms with Crippen LogP contribution in [0.15, 0.2) is 11.4 Å². The fourth-order valence-electron chi connectivity index (χ4n) is 3.46. The molecule has 2 heterocycles. The van der Waals surface area contributed by atoms with Crippen LogP contribution in [-0.2, 0) is 4.74 Å². The first kappa shape index (κ1) is 15.0. The van der Waals surface area contributed by atoms with E-state index >= 15 is 0 Å². The fraction of sp³-hybridized carbons (Fsp3) is 0.750. The molecule has 0 aliphatic carbocycles. The van der Waals surface area contributed by atoms with Gasteiger partial charge in [-0.15, -0.1) is 11.3 Å². The molecule has 1 saturated heterocycles. The second kappa shape index (κ2) is 5.19. The molecular formula is C16H27NOS. The van der Waals surface area contributed by atoms with E-state index in [1.54, 1.807) is 0 Å². The molecule has 1 aliphatic rings. The van der Waals surface area contributed by atoms with E-state index in [2.05, 4.69) is 58.3 Å². The van der Waals surface area contributed by atoms with Crippen LogP contribution in [0.3, 0.4) is 0 Å². The standard InChI is InChI=1S/C16H27NOS/c1-7-17-13(14-11(2)8-9-19-14)12-10-15(3,4)18-16(12,5)6/h8-9,12-13,17H,7,10H2,1-6H3. The Morgan fingerprint density at radius 3 is 2.53 bits per heavy atom. The van der Waals surface area contributed by atoms with Gasteiger partial charge in [-0.05, 0) is 64.6 Å². The van der Waals surface area contributed by atoms with Gasteiger partial charge < -0.3 is 10.1 Å². The van der Waals surface area contributed by atoms with E-state index in [0.29, 0.717) is 12.0 Å². The van der Waals surface area contributed by atoms with Gasteiger partial charge in [0.15, 0.2) is 0 Å². The summed E-state index contributed by atoms with van der Waals surface area (Å²) in [4.78, 5) is 1.47. The summed E-state index contributed by atoms with van der Waals surface area (Å²) in [6, 6.07) is 2.62. The minimum atomic E-state index is -0.0766. The van der Waals surface area contributed by atoms with E-state index < -0.39 is 0 Å². The maximum atomic E-state index is 6.28. The number of ether oxygens (including phenoxy) is 1. The van der Waals surface area contributed by atoms with Crippen molar-refractivity contribution in [2.45, 2.75) is 65.2 Å². The van der Waals surface area contributed by atoms with Crippen LogP contribution in [-0.4, -0.2) is 17.7 Å². The van der Waals surface area contributed by atoms with E-state index in [1.807, 2.05) is 11.3 Å². The topological polar surface area (TPSA) is 21.3 Å². The Labute approximate surface area is 121 Å². The molecule has 1 aromatic heterocycles. The van der Waals surface area contributed by atoms with Crippen LogP contribution < -0.4 is 5.32 Å². The lowest BCUT2D eigenvalue weighted by atomic mass is 9.80. The van der Waals surface area contributed by atoms with Crippen molar-refractivity contribution in [3.63, 3.8) is 0 Å². The van der Waals surface area contributed by atoms with Gasteiger partial charge in [0, 0.05) is 16.8 Å². The molecule has 1 aromatic rings. The second-order valence-corrected chi connectivity index (χ2v) is 7.73. The van der Waals surface area contributed by atoms with Crippen molar-refractivity contribution in [1.82, 2.24) is 5.32 Å². The van der Waals surface area contributed by atoms with Gasteiger partial charge in [0.1, 0.15) is 0 Å². The van der Waals surface area contributed by atoms with Crippen molar-refractivity contribution >= 4 is 11.3 Å². The van der Waals surface area contributed by atoms with Crippen LogP contribution in [0, 0.1) is 12.8 Å². The number of hydrogen-bond acceptors (Lipinski definition) is 3. The zero-order chi connectivity index (χ0) is 14.3. The summed E-state index contributed by atoms with van der Waals surface area (Å²) in [7, 11) is 0. The molecule has 2 atom stereocenters. The monoisotopic (exact) mass is 281 g/mol. The lowest BCUT2D eigenvalue weighted by Crippen LogP contribution is -2.38. The van der Waals surface area contributed by atoms with E-state index in [0.717, 1.165) is 13.0 Å². The Bertz CT molecular complexity index is 436. The van der Waals surface area contributed by atoms with Crippen LogP contribution in [0.5, 0.6) is 0 Å². The molecule has 0 bridgehead atoms. The predicted octanol–water partition coefficient (Wildman–Crippen LogP) is 4.30. The Balaban J connectivity index is 2.32. The van der Waals surface area contributed by atoms with Crippen molar-refractivity contribution in [2.75, 3.05) is 6.54 Å². The minimum Gasteiger partial charge on any atom is -0.369 e.